The lowest BCUT2D eigenvalue weighted by Crippen LogP contribution is -2.50. The van der Waals surface area contributed by atoms with Gasteiger partial charge in [0.2, 0.25) is 0 Å². The first-order valence-corrected chi connectivity index (χ1v) is 5.80. The van der Waals surface area contributed by atoms with Crippen LogP contribution in [0.5, 0.6) is 0 Å². The van der Waals surface area contributed by atoms with E-state index in [4.69, 9.17) is 4.74 Å². The Morgan fingerprint density at radius 2 is 1.83 bits per heavy atom. The molecule has 0 aromatic carbocycles. The van der Waals surface area contributed by atoms with Crippen molar-refractivity contribution in [2.45, 2.75) is 50.5 Å². The molecule has 0 amide bonds. The Balaban J connectivity index is 2.54. The van der Waals surface area contributed by atoms with E-state index in [9.17, 15) is 23.1 Å². The Bertz CT molecular complexity index is 315. The molecule has 0 heterocycles. The van der Waals surface area contributed by atoms with Crippen LogP contribution in [0.3, 0.4) is 0 Å². The highest BCUT2D eigenvalue weighted by Gasteiger charge is 2.55. The number of halogens is 3. The SMILES string of the molecule is C=CC(=O)OC1CCC(C(C)(O)C(F)(F)F)CC1. The summed E-state index contributed by atoms with van der Waals surface area (Å²) in [7, 11) is 0. The van der Waals surface area contributed by atoms with Gasteiger partial charge >= 0.3 is 12.1 Å². The number of ether oxygens (including phenoxy) is 1. The van der Waals surface area contributed by atoms with Gasteiger partial charge in [-0.3, -0.25) is 0 Å². The first kappa shape index (κ1) is 15.0. The predicted octanol–water partition coefficient (Wildman–Crippen LogP) is 2.59. The predicted molar refractivity (Wildman–Crippen MR) is 58.7 cm³/mol. The third kappa shape index (κ3) is 3.25. The summed E-state index contributed by atoms with van der Waals surface area (Å²) in [6, 6.07) is 0. The maximum Gasteiger partial charge on any atom is 0.417 e. The van der Waals surface area contributed by atoms with Crippen LogP contribution in [-0.4, -0.2) is 29.0 Å². The molecule has 0 aromatic heterocycles. The summed E-state index contributed by atoms with van der Waals surface area (Å²) in [6.45, 7) is 4.05. The zero-order valence-electron chi connectivity index (χ0n) is 10.2. The lowest BCUT2D eigenvalue weighted by Gasteiger charge is -2.38. The third-order valence-electron chi connectivity index (χ3n) is 3.49. The number of alkyl halides is 3. The topological polar surface area (TPSA) is 46.5 Å². The van der Waals surface area contributed by atoms with E-state index < -0.39 is 23.7 Å². The lowest BCUT2D eigenvalue weighted by atomic mass is 9.76. The van der Waals surface area contributed by atoms with E-state index >= 15 is 0 Å². The molecule has 0 radical (unpaired) electrons. The minimum absolute atomic E-state index is 0.182. The van der Waals surface area contributed by atoms with Crippen LogP contribution in [0.25, 0.3) is 0 Å². The van der Waals surface area contributed by atoms with Crippen molar-refractivity contribution in [3.8, 4) is 0 Å². The van der Waals surface area contributed by atoms with Gasteiger partial charge < -0.3 is 9.84 Å². The van der Waals surface area contributed by atoms with Crippen LogP contribution in [0.1, 0.15) is 32.6 Å². The van der Waals surface area contributed by atoms with Crippen molar-refractivity contribution in [2.24, 2.45) is 5.92 Å². The summed E-state index contributed by atoms with van der Waals surface area (Å²) in [5.41, 5.74) is -2.68. The van der Waals surface area contributed by atoms with E-state index in [1.165, 1.54) is 0 Å². The number of carbonyl (C=O) groups is 1. The number of hydrogen-bond donors (Lipinski definition) is 1. The van der Waals surface area contributed by atoms with Gasteiger partial charge in [0, 0.05) is 6.08 Å². The van der Waals surface area contributed by atoms with Crippen molar-refractivity contribution in [1.82, 2.24) is 0 Å². The fourth-order valence-corrected chi connectivity index (χ4v) is 2.19. The maximum absolute atomic E-state index is 12.6. The average Bonchev–Trinajstić information content (AvgIpc) is 2.28. The van der Waals surface area contributed by atoms with Gasteiger partial charge in [-0.25, -0.2) is 4.79 Å². The van der Waals surface area contributed by atoms with E-state index in [1.54, 1.807) is 0 Å². The van der Waals surface area contributed by atoms with Crippen LogP contribution in [0.15, 0.2) is 12.7 Å². The molecule has 6 heteroatoms. The summed E-state index contributed by atoms with van der Waals surface area (Å²) in [5, 5.41) is 9.54. The molecule has 1 fully saturated rings. The second-order valence-electron chi connectivity index (χ2n) is 4.76. The van der Waals surface area contributed by atoms with Crippen LogP contribution < -0.4 is 0 Å². The first-order chi connectivity index (χ1) is 8.18. The molecule has 1 N–H and O–H groups in total. The molecule has 1 aliphatic rings. The molecule has 104 valence electrons. The van der Waals surface area contributed by atoms with Crippen LogP contribution in [-0.2, 0) is 9.53 Å². The lowest BCUT2D eigenvalue weighted by molar-refractivity contribution is -0.276. The minimum atomic E-state index is -4.64. The summed E-state index contributed by atoms with van der Waals surface area (Å²) in [6.07, 6.45) is -2.97. The number of carbonyl (C=O) groups excluding carboxylic acids is 1. The molecular weight excluding hydrogens is 249 g/mol. The van der Waals surface area contributed by atoms with Crippen molar-refractivity contribution < 1.29 is 27.8 Å². The molecule has 0 aliphatic heterocycles. The number of hydrogen-bond acceptors (Lipinski definition) is 3. The second-order valence-corrected chi connectivity index (χ2v) is 4.76. The van der Waals surface area contributed by atoms with Crippen molar-refractivity contribution in [3.63, 3.8) is 0 Å². The highest BCUT2D eigenvalue weighted by Crippen LogP contribution is 2.42. The highest BCUT2D eigenvalue weighted by molar-refractivity contribution is 5.81. The highest BCUT2D eigenvalue weighted by atomic mass is 19.4. The van der Waals surface area contributed by atoms with E-state index in [2.05, 4.69) is 6.58 Å². The van der Waals surface area contributed by atoms with Gasteiger partial charge in [-0.15, -0.1) is 0 Å². The summed E-state index contributed by atoms with van der Waals surface area (Å²) in [4.78, 5) is 10.9. The molecule has 1 aliphatic carbocycles. The first-order valence-electron chi connectivity index (χ1n) is 5.80. The fraction of sp³-hybridized carbons (Fsp3) is 0.750. The Morgan fingerprint density at radius 1 is 1.33 bits per heavy atom. The van der Waals surface area contributed by atoms with E-state index in [0.717, 1.165) is 13.0 Å². The molecule has 0 spiro atoms. The zero-order valence-corrected chi connectivity index (χ0v) is 10.2. The van der Waals surface area contributed by atoms with Gasteiger partial charge in [0.1, 0.15) is 6.10 Å². The van der Waals surface area contributed by atoms with Gasteiger partial charge in [0.05, 0.1) is 0 Å². The molecule has 1 rings (SSSR count). The van der Waals surface area contributed by atoms with Gasteiger partial charge in [0.15, 0.2) is 5.60 Å². The monoisotopic (exact) mass is 266 g/mol. The minimum Gasteiger partial charge on any atom is -0.459 e. The zero-order chi connectivity index (χ0) is 14.0. The van der Waals surface area contributed by atoms with Crippen molar-refractivity contribution in [1.29, 1.82) is 0 Å². The van der Waals surface area contributed by atoms with Crippen molar-refractivity contribution in [3.05, 3.63) is 12.7 Å². The average molecular weight is 266 g/mol. The Hall–Kier alpha value is -1.04. The quantitative estimate of drug-likeness (QED) is 0.631. The van der Waals surface area contributed by atoms with Crippen LogP contribution in [0.2, 0.25) is 0 Å². The van der Waals surface area contributed by atoms with Crippen molar-refractivity contribution >= 4 is 5.97 Å². The van der Waals surface area contributed by atoms with Gasteiger partial charge in [-0.05, 0) is 38.5 Å². The van der Waals surface area contributed by atoms with Gasteiger partial charge in [-0.1, -0.05) is 6.58 Å². The van der Waals surface area contributed by atoms with Gasteiger partial charge in [-0.2, -0.15) is 13.2 Å². The normalized spacial score (nSPS) is 28.3. The largest absolute Gasteiger partial charge is 0.459 e. The van der Waals surface area contributed by atoms with E-state index in [-0.39, 0.29) is 18.9 Å². The van der Waals surface area contributed by atoms with E-state index in [1.807, 2.05) is 0 Å². The second kappa shape index (κ2) is 5.30. The van der Waals surface area contributed by atoms with Crippen LogP contribution in [0, 0.1) is 5.92 Å². The number of aliphatic hydroxyl groups is 1. The van der Waals surface area contributed by atoms with Crippen LogP contribution in [0.4, 0.5) is 13.2 Å². The maximum atomic E-state index is 12.6. The third-order valence-corrected chi connectivity index (χ3v) is 3.49. The summed E-state index contributed by atoms with van der Waals surface area (Å²) < 4.78 is 42.9. The number of rotatable bonds is 3. The molecule has 0 aromatic rings. The molecule has 1 saturated carbocycles. The summed E-state index contributed by atoms with van der Waals surface area (Å²) in [5.74, 6) is -1.42. The van der Waals surface area contributed by atoms with Crippen LogP contribution >= 0.6 is 0 Å². The molecule has 1 atom stereocenters. The Labute approximate surface area is 104 Å². The molecule has 3 nitrogen and oxygen atoms in total. The Morgan fingerprint density at radius 3 is 2.22 bits per heavy atom. The van der Waals surface area contributed by atoms with Crippen molar-refractivity contribution in [2.75, 3.05) is 0 Å². The Kier molecular flexibility index (Phi) is 4.42. The fourth-order valence-electron chi connectivity index (χ4n) is 2.19. The molecular formula is C12H17F3O3. The molecule has 0 bridgehead atoms. The molecule has 1 unspecified atom stereocenters. The summed E-state index contributed by atoms with van der Waals surface area (Å²) >= 11 is 0. The standard InChI is InChI=1S/C12H17F3O3/c1-3-10(16)18-9-6-4-8(5-7-9)11(2,17)12(13,14)15/h3,8-9,17H,1,4-7H2,2H3. The number of esters is 1. The molecule has 0 saturated heterocycles. The van der Waals surface area contributed by atoms with Gasteiger partial charge in [0.25, 0.3) is 0 Å². The van der Waals surface area contributed by atoms with E-state index in [0.29, 0.717) is 12.8 Å². The molecule has 18 heavy (non-hydrogen) atoms. The smallest absolute Gasteiger partial charge is 0.417 e.